The summed E-state index contributed by atoms with van der Waals surface area (Å²) in [7, 11) is 0. The molecule has 0 bridgehead atoms. The molecule has 0 aliphatic carbocycles. The Morgan fingerprint density at radius 3 is 1.28 bits per heavy atom. The smallest absolute Gasteiger partial charge is 0.244 e. The second-order valence-electron chi connectivity index (χ2n) is 6.09. The van der Waals surface area contributed by atoms with Crippen LogP contribution in [0.1, 0.15) is 16.7 Å². The Hall–Kier alpha value is -2.33. The second kappa shape index (κ2) is 13.9. The van der Waals surface area contributed by atoms with Crippen molar-refractivity contribution in [1.82, 2.24) is 10.9 Å². The van der Waals surface area contributed by atoms with Crippen LogP contribution in [0.2, 0.25) is 0 Å². The van der Waals surface area contributed by atoms with E-state index in [1.54, 1.807) is 18.6 Å². The highest BCUT2D eigenvalue weighted by atomic mass is 79.9. The Morgan fingerprint density at radius 2 is 0.906 bits per heavy atom. The zero-order valence-corrected chi connectivity index (χ0v) is 22.1. The van der Waals surface area contributed by atoms with Crippen LogP contribution in [0.5, 0.6) is 0 Å². The fraction of sp³-hybridized carbons (Fsp3) is 0. The third kappa shape index (κ3) is 9.44. The molecule has 164 valence electrons. The molecule has 0 saturated heterocycles. The first-order chi connectivity index (χ1) is 15.1. The van der Waals surface area contributed by atoms with E-state index in [1.807, 2.05) is 72.8 Å². The maximum Gasteiger partial charge on any atom is 0.257 e. The number of nitrogens with one attached hydrogen (secondary N) is 2. The van der Waals surface area contributed by atoms with Gasteiger partial charge in [-0.15, -0.1) is 17.5 Å². The summed E-state index contributed by atoms with van der Waals surface area (Å²) < 4.78 is 3.01. The lowest BCUT2D eigenvalue weighted by atomic mass is 10.2. The molecule has 0 fully saturated rings. The van der Waals surface area contributed by atoms with Crippen molar-refractivity contribution in [3.63, 3.8) is 0 Å². The number of halogens is 4. The predicted octanol–water partition coefficient (Wildman–Crippen LogP) is 6.33. The number of hydrogen-bond donors (Lipinski definition) is 2. The summed E-state index contributed by atoms with van der Waals surface area (Å²) in [5.41, 5.74) is 8.45. The Balaban J connectivity index is 0.00000363. The standard InChI is InChI=1S/C22H17Br3N6.ClH/c23-19-7-1-16(2-8-19)13-26-29-22(30-27-14-17-3-9-20(24)10-4-17)31-28-15-18-5-11-21(25)12-6-18;/h1-15H,(H2,29,30,31);1H. The Bertz CT molecular complexity index is 1040. The van der Waals surface area contributed by atoms with Crippen molar-refractivity contribution in [3.8, 4) is 0 Å². The number of guanidine groups is 1. The van der Waals surface area contributed by atoms with Gasteiger partial charge in [-0.1, -0.05) is 84.2 Å². The summed E-state index contributed by atoms with van der Waals surface area (Å²) in [6.07, 6.45) is 5.01. The van der Waals surface area contributed by atoms with Crippen LogP contribution in [-0.4, -0.2) is 24.6 Å². The van der Waals surface area contributed by atoms with Crippen LogP contribution in [0.15, 0.2) is 107 Å². The van der Waals surface area contributed by atoms with Crippen LogP contribution >= 0.6 is 60.2 Å². The van der Waals surface area contributed by atoms with E-state index in [2.05, 4.69) is 79.0 Å². The highest BCUT2D eigenvalue weighted by Gasteiger charge is 1.96. The third-order valence-corrected chi connectivity index (χ3v) is 5.33. The first-order valence-corrected chi connectivity index (χ1v) is 11.4. The largest absolute Gasteiger partial charge is 0.257 e. The molecule has 3 rings (SSSR count). The van der Waals surface area contributed by atoms with Crippen molar-refractivity contribution in [3.05, 3.63) is 103 Å². The number of nitrogens with zero attached hydrogens (tertiary/aromatic N) is 4. The van der Waals surface area contributed by atoms with E-state index in [0.29, 0.717) is 0 Å². The zero-order valence-electron chi connectivity index (χ0n) is 16.5. The molecule has 0 aliphatic heterocycles. The lowest BCUT2D eigenvalue weighted by Gasteiger charge is -2.02. The fourth-order valence-corrected chi connectivity index (χ4v) is 3.00. The molecule has 0 heterocycles. The van der Waals surface area contributed by atoms with Gasteiger partial charge in [0.1, 0.15) is 0 Å². The number of hydrogen-bond acceptors (Lipinski definition) is 4. The summed E-state index contributed by atoms with van der Waals surface area (Å²) in [5.74, 6) is 0.273. The molecule has 0 radical (unpaired) electrons. The molecule has 0 amide bonds. The SMILES string of the molecule is Brc1ccc(C=NN=C(NN=Cc2ccc(Br)cc2)NN=Cc2ccc(Br)cc2)cc1.Cl. The van der Waals surface area contributed by atoms with Crippen molar-refractivity contribution in [2.75, 3.05) is 0 Å². The number of rotatable bonds is 6. The minimum Gasteiger partial charge on any atom is -0.244 e. The van der Waals surface area contributed by atoms with Crippen LogP contribution in [0.25, 0.3) is 0 Å². The van der Waals surface area contributed by atoms with E-state index in [4.69, 9.17) is 0 Å². The lowest BCUT2D eigenvalue weighted by Crippen LogP contribution is -2.30. The van der Waals surface area contributed by atoms with Crippen molar-refractivity contribution in [2.45, 2.75) is 0 Å². The van der Waals surface area contributed by atoms with E-state index >= 15 is 0 Å². The molecule has 0 atom stereocenters. The van der Waals surface area contributed by atoms with Gasteiger partial charge in [0.05, 0.1) is 18.6 Å². The maximum absolute atomic E-state index is 4.20. The molecule has 0 aromatic heterocycles. The summed E-state index contributed by atoms with van der Waals surface area (Å²) in [6, 6.07) is 23.3. The van der Waals surface area contributed by atoms with Crippen molar-refractivity contribution in [1.29, 1.82) is 0 Å². The van der Waals surface area contributed by atoms with Crippen molar-refractivity contribution in [2.24, 2.45) is 20.4 Å². The van der Waals surface area contributed by atoms with Gasteiger partial charge in [0.15, 0.2) is 0 Å². The normalized spacial score (nSPS) is 11.0. The van der Waals surface area contributed by atoms with Crippen molar-refractivity contribution < 1.29 is 0 Å². The minimum absolute atomic E-state index is 0. The Kier molecular flexibility index (Phi) is 11.3. The van der Waals surface area contributed by atoms with E-state index in [9.17, 15) is 0 Å². The minimum atomic E-state index is 0. The summed E-state index contributed by atoms with van der Waals surface area (Å²) in [6.45, 7) is 0. The fourth-order valence-electron chi connectivity index (χ4n) is 2.21. The molecule has 6 nitrogen and oxygen atoms in total. The van der Waals surface area contributed by atoms with Gasteiger partial charge in [-0.3, -0.25) is 0 Å². The molecule has 10 heteroatoms. The first-order valence-electron chi connectivity index (χ1n) is 9.04. The van der Waals surface area contributed by atoms with Gasteiger partial charge in [0, 0.05) is 13.4 Å². The van der Waals surface area contributed by atoms with Gasteiger partial charge >= 0.3 is 0 Å². The molecule has 0 spiro atoms. The summed E-state index contributed by atoms with van der Waals surface area (Å²) in [5, 5.41) is 16.7. The van der Waals surface area contributed by atoms with Gasteiger partial charge < -0.3 is 0 Å². The maximum atomic E-state index is 4.20. The molecule has 32 heavy (non-hydrogen) atoms. The molecular formula is C22H18Br3ClN6. The van der Waals surface area contributed by atoms with Crippen LogP contribution in [-0.2, 0) is 0 Å². The van der Waals surface area contributed by atoms with Gasteiger partial charge in [-0.25, -0.2) is 10.9 Å². The summed E-state index contributed by atoms with van der Waals surface area (Å²) in [4.78, 5) is 0. The molecule has 0 unspecified atom stereocenters. The van der Waals surface area contributed by atoms with Crippen molar-refractivity contribution >= 4 is 84.8 Å². The third-order valence-electron chi connectivity index (χ3n) is 3.74. The number of benzene rings is 3. The Morgan fingerprint density at radius 1 is 0.562 bits per heavy atom. The van der Waals surface area contributed by atoms with E-state index in [-0.39, 0.29) is 18.4 Å². The average Bonchev–Trinajstić information content (AvgIpc) is 2.77. The van der Waals surface area contributed by atoms with E-state index in [1.165, 1.54) is 0 Å². The lowest BCUT2D eigenvalue weighted by molar-refractivity contribution is 0.890. The zero-order chi connectivity index (χ0) is 21.9. The molecule has 0 saturated carbocycles. The molecule has 2 N–H and O–H groups in total. The van der Waals surface area contributed by atoms with Gasteiger partial charge in [-0.05, 0) is 53.1 Å². The summed E-state index contributed by atoms with van der Waals surface area (Å²) >= 11 is 10.2. The first kappa shape index (κ1) is 25.9. The van der Waals surface area contributed by atoms with Crippen LogP contribution in [0.3, 0.4) is 0 Å². The second-order valence-corrected chi connectivity index (χ2v) is 8.83. The average molecular weight is 642 g/mol. The van der Waals surface area contributed by atoms with Crippen LogP contribution in [0, 0.1) is 0 Å². The van der Waals surface area contributed by atoms with Gasteiger partial charge in [0.2, 0.25) is 0 Å². The topological polar surface area (TPSA) is 73.5 Å². The van der Waals surface area contributed by atoms with E-state index in [0.717, 1.165) is 30.1 Å². The predicted molar refractivity (Wildman–Crippen MR) is 146 cm³/mol. The monoisotopic (exact) mass is 638 g/mol. The van der Waals surface area contributed by atoms with Crippen LogP contribution < -0.4 is 10.9 Å². The van der Waals surface area contributed by atoms with Gasteiger partial charge in [0.25, 0.3) is 5.96 Å². The molecule has 3 aromatic rings. The highest BCUT2D eigenvalue weighted by molar-refractivity contribution is 9.11. The molecular weight excluding hydrogens is 623 g/mol. The highest BCUT2D eigenvalue weighted by Crippen LogP contribution is 2.10. The quantitative estimate of drug-likeness (QED) is 0.188. The van der Waals surface area contributed by atoms with Gasteiger partial charge in [-0.2, -0.15) is 15.3 Å². The Labute approximate surface area is 217 Å². The van der Waals surface area contributed by atoms with E-state index < -0.39 is 0 Å². The number of hydrazone groups is 2. The van der Waals surface area contributed by atoms with Crippen LogP contribution in [0.4, 0.5) is 0 Å². The molecule has 3 aromatic carbocycles. The molecule has 0 aliphatic rings.